The molecule has 0 spiro atoms. The molecule has 19 heavy (non-hydrogen) atoms. The fourth-order valence-corrected chi connectivity index (χ4v) is 3.99. The summed E-state index contributed by atoms with van der Waals surface area (Å²) in [5, 5.41) is 3.22. The minimum atomic E-state index is 0.138. The van der Waals surface area contributed by atoms with Gasteiger partial charge in [-0.3, -0.25) is 4.79 Å². The maximum absolute atomic E-state index is 12.0. The van der Waals surface area contributed by atoms with E-state index in [1.165, 1.54) is 38.8 Å². The number of likely N-dealkylation sites (tertiary alicyclic amines) is 1. The van der Waals surface area contributed by atoms with Crippen molar-refractivity contribution in [3.8, 4) is 0 Å². The van der Waals surface area contributed by atoms with Gasteiger partial charge in [0.1, 0.15) is 0 Å². The number of amides is 1. The fourth-order valence-electron chi connectivity index (χ4n) is 3.34. The average molecular weight is 284 g/mol. The predicted octanol–water partition coefficient (Wildman–Crippen LogP) is 2.37. The summed E-state index contributed by atoms with van der Waals surface area (Å²) in [5.41, 5.74) is 0. The number of hydrogen-bond acceptors (Lipinski definition) is 3. The van der Waals surface area contributed by atoms with Crippen molar-refractivity contribution < 1.29 is 4.79 Å². The molecule has 1 aliphatic carbocycles. The van der Waals surface area contributed by atoms with Crippen LogP contribution in [0.1, 0.15) is 39.0 Å². The van der Waals surface area contributed by atoms with Gasteiger partial charge in [-0.05, 0) is 31.4 Å². The summed E-state index contributed by atoms with van der Waals surface area (Å²) in [6.45, 7) is 5.51. The van der Waals surface area contributed by atoms with Crippen molar-refractivity contribution in [3.63, 3.8) is 0 Å². The van der Waals surface area contributed by atoms with E-state index >= 15 is 0 Å². The van der Waals surface area contributed by atoms with Crippen molar-refractivity contribution in [1.29, 1.82) is 0 Å². The van der Waals surface area contributed by atoms with E-state index in [2.05, 4.69) is 16.5 Å². The van der Waals surface area contributed by atoms with Crippen LogP contribution in [0.3, 0.4) is 0 Å². The van der Waals surface area contributed by atoms with Crippen LogP contribution >= 0.6 is 11.8 Å². The molecule has 0 unspecified atom stereocenters. The first-order valence-corrected chi connectivity index (χ1v) is 9.10. The Balaban J connectivity index is 1.68. The number of rotatable bonds is 6. The Morgan fingerprint density at radius 3 is 2.79 bits per heavy atom. The lowest BCUT2D eigenvalue weighted by Gasteiger charge is -2.21. The van der Waals surface area contributed by atoms with Crippen LogP contribution in [0, 0.1) is 11.8 Å². The van der Waals surface area contributed by atoms with Crippen LogP contribution in [0.25, 0.3) is 0 Å². The third-order valence-corrected chi connectivity index (χ3v) is 5.31. The molecule has 2 rings (SSSR count). The maximum atomic E-state index is 12.0. The van der Waals surface area contributed by atoms with E-state index in [0.29, 0.717) is 6.04 Å². The Bertz CT molecular complexity index is 292. The Labute approximate surface area is 121 Å². The van der Waals surface area contributed by atoms with E-state index in [1.807, 2.05) is 6.92 Å². The van der Waals surface area contributed by atoms with Crippen LogP contribution in [-0.4, -0.2) is 48.5 Å². The van der Waals surface area contributed by atoms with Crippen molar-refractivity contribution in [3.05, 3.63) is 0 Å². The quantitative estimate of drug-likeness (QED) is 0.813. The highest BCUT2D eigenvalue weighted by Crippen LogP contribution is 2.26. The molecule has 1 amide bonds. The highest BCUT2D eigenvalue weighted by Gasteiger charge is 2.27. The summed E-state index contributed by atoms with van der Waals surface area (Å²) >= 11 is 1.75. The molecule has 110 valence electrons. The standard InChI is InChI=1S/C15H28N2OS/c1-12(11-19-2)15(18)16-14-7-8-17(10-14)9-13-5-3-4-6-13/h12-14H,3-11H2,1-2H3,(H,16,18)/t12-,14-/m1/s1. The molecule has 4 heteroatoms. The molecule has 0 aromatic heterocycles. The molecule has 3 nitrogen and oxygen atoms in total. The van der Waals surface area contributed by atoms with Crippen molar-refractivity contribution in [2.75, 3.05) is 31.6 Å². The predicted molar refractivity (Wildman–Crippen MR) is 82.5 cm³/mol. The van der Waals surface area contributed by atoms with Crippen LogP contribution < -0.4 is 5.32 Å². The first-order valence-electron chi connectivity index (χ1n) is 7.70. The van der Waals surface area contributed by atoms with Gasteiger partial charge in [0, 0.05) is 37.3 Å². The lowest BCUT2D eigenvalue weighted by Crippen LogP contribution is -2.40. The lowest BCUT2D eigenvalue weighted by atomic mass is 10.1. The van der Waals surface area contributed by atoms with Crippen LogP contribution in [-0.2, 0) is 4.79 Å². The van der Waals surface area contributed by atoms with Gasteiger partial charge in [-0.1, -0.05) is 19.8 Å². The lowest BCUT2D eigenvalue weighted by molar-refractivity contribution is -0.124. The van der Waals surface area contributed by atoms with Gasteiger partial charge in [-0.25, -0.2) is 0 Å². The zero-order chi connectivity index (χ0) is 13.7. The average Bonchev–Trinajstić information content (AvgIpc) is 3.02. The summed E-state index contributed by atoms with van der Waals surface area (Å²) in [4.78, 5) is 14.6. The summed E-state index contributed by atoms with van der Waals surface area (Å²) in [7, 11) is 0. The van der Waals surface area contributed by atoms with E-state index in [9.17, 15) is 4.79 Å². The number of nitrogens with one attached hydrogen (secondary N) is 1. The molecule has 2 fully saturated rings. The third kappa shape index (κ3) is 4.67. The van der Waals surface area contributed by atoms with Gasteiger partial charge in [-0.2, -0.15) is 11.8 Å². The molecule has 1 N–H and O–H groups in total. The SMILES string of the molecule is CSC[C@@H](C)C(=O)N[C@@H]1CCN(CC2CCCC2)C1. The number of hydrogen-bond donors (Lipinski definition) is 1. The van der Waals surface area contributed by atoms with E-state index in [0.717, 1.165) is 24.6 Å². The molecule has 1 aliphatic heterocycles. The van der Waals surface area contributed by atoms with Crippen molar-refractivity contribution in [1.82, 2.24) is 10.2 Å². The van der Waals surface area contributed by atoms with Gasteiger partial charge in [0.25, 0.3) is 0 Å². The molecule has 0 aromatic rings. The topological polar surface area (TPSA) is 32.3 Å². The van der Waals surface area contributed by atoms with E-state index < -0.39 is 0 Å². The number of carbonyl (C=O) groups is 1. The molecular weight excluding hydrogens is 256 g/mol. The van der Waals surface area contributed by atoms with E-state index in [1.54, 1.807) is 11.8 Å². The van der Waals surface area contributed by atoms with E-state index in [-0.39, 0.29) is 11.8 Å². The van der Waals surface area contributed by atoms with Gasteiger partial charge in [0.2, 0.25) is 5.91 Å². The Kier molecular flexibility index (Phi) is 6.02. The largest absolute Gasteiger partial charge is 0.352 e. The van der Waals surface area contributed by atoms with Gasteiger partial charge < -0.3 is 10.2 Å². The second-order valence-corrected chi connectivity index (χ2v) is 7.17. The molecule has 0 bridgehead atoms. The number of thioether (sulfide) groups is 1. The molecule has 1 saturated carbocycles. The molecule has 2 aliphatic rings. The highest BCUT2D eigenvalue weighted by molar-refractivity contribution is 7.98. The second-order valence-electron chi connectivity index (χ2n) is 6.26. The van der Waals surface area contributed by atoms with Crippen LogP contribution in [0.5, 0.6) is 0 Å². The first kappa shape index (κ1) is 15.2. The summed E-state index contributed by atoms with van der Waals surface area (Å²) < 4.78 is 0. The minimum absolute atomic E-state index is 0.138. The van der Waals surface area contributed by atoms with Gasteiger partial charge in [-0.15, -0.1) is 0 Å². The Hall–Kier alpha value is -0.220. The van der Waals surface area contributed by atoms with Crippen molar-refractivity contribution in [2.45, 2.75) is 45.1 Å². The van der Waals surface area contributed by atoms with Crippen LogP contribution in [0.2, 0.25) is 0 Å². The molecule has 0 radical (unpaired) electrons. The molecule has 0 aromatic carbocycles. The highest BCUT2D eigenvalue weighted by atomic mass is 32.2. The van der Waals surface area contributed by atoms with Gasteiger partial charge in [0.15, 0.2) is 0 Å². The first-order chi connectivity index (χ1) is 9.19. The number of carbonyl (C=O) groups excluding carboxylic acids is 1. The van der Waals surface area contributed by atoms with E-state index in [4.69, 9.17) is 0 Å². The van der Waals surface area contributed by atoms with Crippen molar-refractivity contribution >= 4 is 17.7 Å². The third-order valence-electron chi connectivity index (χ3n) is 4.47. The Morgan fingerprint density at radius 2 is 2.11 bits per heavy atom. The van der Waals surface area contributed by atoms with Gasteiger partial charge >= 0.3 is 0 Å². The summed E-state index contributed by atoms with van der Waals surface area (Å²) in [5.74, 6) is 2.22. The molecule has 1 heterocycles. The minimum Gasteiger partial charge on any atom is -0.352 e. The second kappa shape index (κ2) is 7.53. The summed E-state index contributed by atoms with van der Waals surface area (Å²) in [6.07, 6.45) is 8.86. The fraction of sp³-hybridized carbons (Fsp3) is 0.933. The Morgan fingerprint density at radius 1 is 1.37 bits per heavy atom. The molecule has 1 saturated heterocycles. The smallest absolute Gasteiger partial charge is 0.223 e. The molecular formula is C15H28N2OS. The van der Waals surface area contributed by atoms with Crippen LogP contribution in [0.4, 0.5) is 0 Å². The monoisotopic (exact) mass is 284 g/mol. The normalized spacial score (nSPS) is 26.7. The molecule has 2 atom stereocenters. The zero-order valence-electron chi connectivity index (χ0n) is 12.4. The van der Waals surface area contributed by atoms with Crippen molar-refractivity contribution in [2.24, 2.45) is 11.8 Å². The zero-order valence-corrected chi connectivity index (χ0v) is 13.2. The van der Waals surface area contributed by atoms with Crippen LogP contribution in [0.15, 0.2) is 0 Å². The maximum Gasteiger partial charge on any atom is 0.223 e. The summed E-state index contributed by atoms with van der Waals surface area (Å²) in [6, 6.07) is 0.387. The van der Waals surface area contributed by atoms with Gasteiger partial charge in [0.05, 0.1) is 0 Å². The number of nitrogens with zero attached hydrogens (tertiary/aromatic N) is 1.